The molecule has 0 aliphatic heterocycles. The predicted octanol–water partition coefficient (Wildman–Crippen LogP) is 2.28. The van der Waals surface area contributed by atoms with Gasteiger partial charge in [0.2, 0.25) is 0 Å². The third-order valence-corrected chi connectivity index (χ3v) is 3.19. The van der Waals surface area contributed by atoms with Crippen LogP contribution in [0, 0.1) is 0 Å². The van der Waals surface area contributed by atoms with Crippen LogP contribution in [0.15, 0.2) is 18.2 Å². The Labute approximate surface area is 91.4 Å². The quantitative estimate of drug-likeness (QED) is 0.766. The van der Waals surface area contributed by atoms with Crippen molar-refractivity contribution >= 4 is 5.69 Å². The first-order chi connectivity index (χ1) is 7.39. The van der Waals surface area contributed by atoms with Crippen LogP contribution in [0.5, 0.6) is 0 Å². The first-order valence-corrected chi connectivity index (χ1v) is 5.06. The van der Waals surface area contributed by atoms with Crippen molar-refractivity contribution in [3.05, 3.63) is 29.3 Å². The van der Waals surface area contributed by atoms with E-state index in [1.807, 2.05) is 0 Å². The number of rotatable bonds is 2. The van der Waals surface area contributed by atoms with Gasteiger partial charge in [0.1, 0.15) is 0 Å². The number of nitrogens with two attached hydrogens (primary N) is 2. The van der Waals surface area contributed by atoms with Crippen molar-refractivity contribution in [1.82, 2.24) is 0 Å². The molecule has 1 saturated carbocycles. The lowest BCUT2D eigenvalue weighted by atomic mass is 9.93. The largest absolute Gasteiger partial charge is 0.416 e. The smallest absolute Gasteiger partial charge is 0.398 e. The fraction of sp³-hybridized carbons (Fsp3) is 0.455. The highest BCUT2D eigenvalue weighted by Gasteiger charge is 2.44. The molecular weight excluding hydrogens is 217 g/mol. The zero-order valence-corrected chi connectivity index (χ0v) is 8.64. The van der Waals surface area contributed by atoms with Crippen LogP contribution >= 0.6 is 0 Å². The van der Waals surface area contributed by atoms with Crippen LogP contribution in [-0.2, 0) is 11.6 Å². The Hall–Kier alpha value is -1.23. The molecule has 4 N–H and O–H groups in total. The van der Waals surface area contributed by atoms with Crippen molar-refractivity contribution in [2.75, 3.05) is 12.3 Å². The molecule has 1 fully saturated rings. The number of benzene rings is 1. The SMILES string of the molecule is NCC1(c2ccc(C(F)(F)F)cc2N)CC1. The maximum Gasteiger partial charge on any atom is 0.416 e. The van der Waals surface area contributed by atoms with Gasteiger partial charge in [-0.15, -0.1) is 0 Å². The third-order valence-electron chi connectivity index (χ3n) is 3.19. The van der Waals surface area contributed by atoms with Crippen molar-refractivity contribution < 1.29 is 13.2 Å². The summed E-state index contributed by atoms with van der Waals surface area (Å²) in [4.78, 5) is 0. The normalized spacial score (nSPS) is 18.5. The summed E-state index contributed by atoms with van der Waals surface area (Å²) in [6.07, 6.45) is -2.54. The van der Waals surface area contributed by atoms with E-state index in [4.69, 9.17) is 11.5 Å². The topological polar surface area (TPSA) is 52.0 Å². The van der Waals surface area contributed by atoms with E-state index in [0.29, 0.717) is 6.54 Å². The lowest BCUT2D eigenvalue weighted by molar-refractivity contribution is -0.137. The van der Waals surface area contributed by atoms with Crippen LogP contribution in [0.3, 0.4) is 0 Å². The van der Waals surface area contributed by atoms with Gasteiger partial charge in [-0.2, -0.15) is 13.2 Å². The van der Waals surface area contributed by atoms with E-state index in [2.05, 4.69) is 0 Å². The standard InChI is InChI=1S/C11H13F3N2/c12-11(13,14)7-1-2-8(9(16)5-7)10(6-15)3-4-10/h1-2,5H,3-4,6,15-16H2. The molecule has 1 aliphatic carbocycles. The van der Waals surface area contributed by atoms with Gasteiger partial charge in [0.25, 0.3) is 0 Å². The zero-order chi connectivity index (χ0) is 12.0. The molecule has 0 heterocycles. The summed E-state index contributed by atoms with van der Waals surface area (Å²) >= 11 is 0. The Morgan fingerprint density at radius 2 is 1.88 bits per heavy atom. The molecule has 1 aromatic rings. The zero-order valence-electron chi connectivity index (χ0n) is 8.64. The second kappa shape index (κ2) is 3.38. The summed E-state index contributed by atoms with van der Waals surface area (Å²) < 4.78 is 37.2. The first kappa shape index (κ1) is 11.3. The highest BCUT2D eigenvalue weighted by molar-refractivity contribution is 5.55. The van der Waals surface area contributed by atoms with Crippen LogP contribution in [0.4, 0.5) is 18.9 Å². The minimum atomic E-state index is -4.34. The molecule has 0 unspecified atom stereocenters. The fourth-order valence-electron chi connectivity index (χ4n) is 1.96. The van der Waals surface area contributed by atoms with Gasteiger partial charge in [0, 0.05) is 17.6 Å². The van der Waals surface area contributed by atoms with Gasteiger partial charge in [-0.3, -0.25) is 0 Å². The number of hydrogen-bond acceptors (Lipinski definition) is 2. The van der Waals surface area contributed by atoms with Crippen molar-refractivity contribution in [2.24, 2.45) is 5.73 Å². The Morgan fingerprint density at radius 3 is 2.25 bits per heavy atom. The third kappa shape index (κ3) is 1.75. The van der Waals surface area contributed by atoms with Gasteiger partial charge in [0.05, 0.1) is 5.56 Å². The Bertz CT molecular complexity index is 408. The van der Waals surface area contributed by atoms with E-state index in [-0.39, 0.29) is 11.1 Å². The number of nitrogen functional groups attached to an aromatic ring is 1. The Morgan fingerprint density at radius 1 is 1.25 bits per heavy atom. The molecule has 0 bridgehead atoms. The minimum Gasteiger partial charge on any atom is -0.398 e. The molecule has 2 nitrogen and oxygen atoms in total. The van der Waals surface area contributed by atoms with Gasteiger partial charge in [-0.25, -0.2) is 0 Å². The highest BCUT2D eigenvalue weighted by Crippen LogP contribution is 2.49. The van der Waals surface area contributed by atoms with E-state index in [9.17, 15) is 13.2 Å². The number of hydrogen-bond donors (Lipinski definition) is 2. The molecule has 1 aromatic carbocycles. The summed E-state index contributed by atoms with van der Waals surface area (Å²) in [6.45, 7) is 0.433. The maximum absolute atomic E-state index is 12.4. The van der Waals surface area contributed by atoms with Crippen LogP contribution in [-0.4, -0.2) is 6.54 Å². The maximum atomic E-state index is 12.4. The molecule has 1 aliphatic rings. The van der Waals surface area contributed by atoms with Gasteiger partial charge in [-0.1, -0.05) is 6.07 Å². The molecule has 0 radical (unpaired) electrons. The summed E-state index contributed by atoms with van der Waals surface area (Å²) in [5.74, 6) is 0. The number of alkyl halides is 3. The van der Waals surface area contributed by atoms with Gasteiger partial charge < -0.3 is 11.5 Å². The van der Waals surface area contributed by atoms with E-state index in [1.54, 1.807) is 0 Å². The summed E-state index contributed by atoms with van der Waals surface area (Å²) in [7, 11) is 0. The molecule has 88 valence electrons. The summed E-state index contributed by atoms with van der Waals surface area (Å²) in [6, 6.07) is 3.52. The summed E-state index contributed by atoms with van der Waals surface area (Å²) in [5.41, 5.74) is 11.3. The molecular formula is C11H13F3N2. The monoisotopic (exact) mass is 230 g/mol. The van der Waals surface area contributed by atoms with Crippen LogP contribution in [0.25, 0.3) is 0 Å². The van der Waals surface area contributed by atoms with Crippen LogP contribution in [0.1, 0.15) is 24.0 Å². The van der Waals surface area contributed by atoms with Crippen molar-refractivity contribution in [3.63, 3.8) is 0 Å². The van der Waals surface area contributed by atoms with Crippen molar-refractivity contribution in [2.45, 2.75) is 24.4 Å². The van der Waals surface area contributed by atoms with Crippen molar-refractivity contribution in [3.8, 4) is 0 Å². The van der Waals surface area contributed by atoms with E-state index in [1.165, 1.54) is 6.07 Å². The predicted molar refractivity (Wildman–Crippen MR) is 55.8 cm³/mol. The second-order valence-electron chi connectivity index (χ2n) is 4.28. The molecule has 0 amide bonds. The molecule has 2 rings (SSSR count). The first-order valence-electron chi connectivity index (χ1n) is 5.06. The van der Waals surface area contributed by atoms with Crippen LogP contribution in [0.2, 0.25) is 0 Å². The molecule has 0 spiro atoms. The van der Waals surface area contributed by atoms with Gasteiger partial charge >= 0.3 is 6.18 Å². The summed E-state index contributed by atoms with van der Waals surface area (Å²) in [5, 5.41) is 0. The lowest BCUT2D eigenvalue weighted by Gasteiger charge is -2.17. The molecule has 0 aromatic heterocycles. The molecule has 5 heteroatoms. The molecule has 0 atom stereocenters. The van der Waals surface area contributed by atoms with Gasteiger partial charge in [-0.05, 0) is 30.5 Å². The van der Waals surface area contributed by atoms with E-state index >= 15 is 0 Å². The fourth-order valence-corrected chi connectivity index (χ4v) is 1.96. The minimum absolute atomic E-state index is 0.172. The molecule has 0 saturated heterocycles. The average molecular weight is 230 g/mol. The number of anilines is 1. The highest BCUT2D eigenvalue weighted by atomic mass is 19.4. The van der Waals surface area contributed by atoms with Crippen molar-refractivity contribution in [1.29, 1.82) is 0 Å². The lowest BCUT2D eigenvalue weighted by Crippen LogP contribution is -2.21. The van der Waals surface area contributed by atoms with Crippen LogP contribution < -0.4 is 11.5 Å². The number of halogens is 3. The Kier molecular flexibility index (Phi) is 2.38. The average Bonchev–Trinajstić information content (AvgIpc) is 2.97. The second-order valence-corrected chi connectivity index (χ2v) is 4.28. The van der Waals surface area contributed by atoms with E-state index in [0.717, 1.165) is 30.5 Å². The van der Waals surface area contributed by atoms with Gasteiger partial charge in [0.15, 0.2) is 0 Å². The van der Waals surface area contributed by atoms with E-state index < -0.39 is 11.7 Å². The molecule has 16 heavy (non-hydrogen) atoms. The Balaban J connectivity index is 2.38.